The Kier molecular flexibility index (Phi) is 4.16. The molecule has 21 heavy (non-hydrogen) atoms. The second kappa shape index (κ2) is 5.45. The van der Waals surface area contributed by atoms with Crippen LogP contribution in [0.1, 0.15) is 61.5 Å². The molecule has 1 aromatic rings. The minimum Gasteiger partial charge on any atom is -0.305 e. The topological polar surface area (TPSA) is 37.4 Å². The van der Waals surface area contributed by atoms with E-state index in [1.54, 1.807) is 11.8 Å². The largest absolute Gasteiger partial charge is 0.305 e. The summed E-state index contributed by atoms with van der Waals surface area (Å²) in [5.74, 6) is 0.0448. The molecule has 0 N–H and O–H groups in total. The zero-order chi connectivity index (χ0) is 15.9. The lowest BCUT2D eigenvalue weighted by molar-refractivity contribution is -0.117. The molecule has 0 aliphatic carbocycles. The van der Waals surface area contributed by atoms with Crippen LogP contribution in [0, 0.1) is 6.92 Å². The predicted molar refractivity (Wildman–Crippen MR) is 86.5 cm³/mol. The summed E-state index contributed by atoms with van der Waals surface area (Å²) >= 11 is 5.80. The van der Waals surface area contributed by atoms with Gasteiger partial charge in [-0.1, -0.05) is 13.0 Å². The van der Waals surface area contributed by atoms with E-state index in [-0.39, 0.29) is 23.1 Å². The van der Waals surface area contributed by atoms with Crippen molar-refractivity contribution < 1.29 is 9.59 Å². The van der Waals surface area contributed by atoms with Gasteiger partial charge in [-0.2, -0.15) is 0 Å². The summed E-state index contributed by atoms with van der Waals surface area (Å²) in [6.45, 7) is 9.73. The number of carbonyl (C=O) groups excluding carboxylic acids is 2. The summed E-state index contributed by atoms with van der Waals surface area (Å²) in [6, 6.07) is 3.94. The van der Waals surface area contributed by atoms with Gasteiger partial charge in [0.1, 0.15) is 5.88 Å². The number of aryl methyl sites for hydroxylation is 1. The summed E-state index contributed by atoms with van der Waals surface area (Å²) in [4.78, 5) is 26.2. The van der Waals surface area contributed by atoms with Crippen molar-refractivity contribution in [2.45, 2.75) is 52.5 Å². The molecule has 114 valence electrons. The normalized spacial score (nSPS) is 20.1. The highest BCUT2D eigenvalue weighted by atomic mass is 35.5. The van der Waals surface area contributed by atoms with E-state index < -0.39 is 0 Å². The van der Waals surface area contributed by atoms with Crippen molar-refractivity contribution in [3.8, 4) is 0 Å². The van der Waals surface area contributed by atoms with Crippen LogP contribution in [0.5, 0.6) is 0 Å². The number of rotatable bonds is 2. The standard InChI is InChI=1S/C17H22ClNO2/c1-10-6-13-11(2)8-17(4,5)19(15(21)9-18)16(13)14(7-10)12(3)20/h6-7,11H,8-9H2,1-5H3/t11-/m0/s1. The SMILES string of the molecule is CC(=O)c1cc(C)cc2c1N(C(=O)CCl)C(C)(C)C[C@@H]2C. The van der Waals surface area contributed by atoms with Gasteiger partial charge in [-0.3, -0.25) is 9.59 Å². The highest BCUT2D eigenvalue weighted by molar-refractivity contribution is 6.30. The monoisotopic (exact) mass is 307 g/mol. The van der Waals surface area contributed by atoms with E-state index in [2.05, 4.69) is 13.0 Å². The van der Waals surface area contributed by atoms with Crippen LogP contribution >= 0.6 is 11.6 Å². The van der Waals surface area contributed by atoms with Crippen LogP contribution in [-0.4, -0.2) is 23.1 Å². The summed E-state index contributed by atoms with van der Waals surface area (Å²) in [5, 5.41) is 0. The Hall–Kier alpha value is -1.35. The maximum absolute atomic E-state index is 12.4. The number of benzene rings is 1. The summed E-state index contributed by atoms with van der Waals surface area (Å²) in [6.07, 6.45) is 0.851. The maximum atomic E-state index is 12.4. The van der Waals surface area contributed by atoms with Crippen molar-refractivity contribution in [2.75, 3.05) is 10.8 Å². The number of carbonyl (C=O) groups is 2. The highest BCUT2D eigenvalue weighted by Gasteiger charge is 2.41. The molecular weight excluding hydrogens is 286 g/mol. The number of Topliss-reactive ketones (excluding diaryl/α,β-unsaturated/α-hetero) is 1. The third kappa shape index (κ3) is 2.71. The minimum atomic E-state index is -0.349. The van der Waals surface area contributed by atoms with Gasteiger partial charge in [0.2, 0.25) is 5.91 Å². The molecule has 0 bridgehead atoms. The number of hydrogen-bond acceptors (Lipinski definition) is 2. The first-order valence-electron chi connectivity index (χ1n) is 7.23. The zero-order valence-corrected chi connectivity index (χ0v) is 14.0. The number of alkyl halides is 1. The number of hydrogen-bond donors (Lipinski definition) is 0. The molecule has 0 unspecified atom stereocenters. The number of anilines is 1. The summed E-state index contributed by atoms with van der Waals surface area (Å²) in [7, 11) is 0. The Balaban J connectivity index is 2.79. The lowest BCUT2D eigenvalue weighted by Crippen LogP contribution is -2.52. The number of ketones is 1. The van der Waals surface area contributed by atoms with Gasteiger partial charge in [-0.15, -0.1) is 11.6 Å². The van der Waals surface area contributed by atoms with E-state index in [0.29, 0.717) is 11.5 Å². The van der Waals surface area contributed by atoms with Crippen LogP contribution in [0.2, 0.25) is 0 Å². The summed E-state index contributed by atoms with van der Waals surface area (Å²) < 4.78 is 0. The number of amides is 1. The lowest BCUT2D eigenvalue weighted by atomic mass is 9.78. The zero-order valence-electron chi connectivity index (χ0n) is 13.3. The molecule has 1 atom stereocenters. The van der Waals surface area contributed by atoms with Crippen molar-refractivity contribution in [3.05, 3.63) is 28.8 Å². The molecule has 1 heterocycles. The molecule has 0 fully saturated rings. The van der Waals surface area contributed by atoms with Crippen LogP contribution < -0.4 is 4.90 Å². The van der Waals surface area contributed by atoms with Crippen molar-refractivity contribution in [2.24, 2.45) is 0 Å². The van der Waals surface area contributed by atoms with Gasteiger partial charge in [0.05, 0.1) is 5.69 Å². The summed E-state index contributed by atoms with van der Waals surface area (Å²) in [5.41, 5.74) is 3.13. The smallest absolute Gasteiger partial charge is 0.242 e. The van der Waals surface area contributed by atoms with Gasteiger partial charge >= 0.3 is 0 Å². The molecule has 1 aliphatic rings. The first-order chi connectivity index (χ1) is 9.69. The second-order valence-electron chi connectivity index (χ2n) is 6.59. The fourth-order valence-electron chi connectivity index (χ4n) is 3.48. The fourth-order valence-corrected chi connectivity index (χ4v) is 3.60. The van der Waals surface area contributed by atoms with E-state index >= 15 is 0 Å². The third-order valence-electron chi connectivity index (χ3n) is 4.19. The van der Waals surface area contributed by atoms with Crippen LogP contribution in [0.4, 0.5) is 5.69 Å². The Morgan fingerprint density at radius 1 is 1.38 bits per heavy atom. The molecule has 0 saturated carbocycles. The van der Waals surface area contributed by atoms with E-state index in [1.165, 1.54) is 0 Å². The van der Waals surface area contributed by atoms with E-state index in [0.717, 1.165) is 23.2 Å². The molecule has 1 aliphatic heterocycles. The fraction of sp³-hybridized carbons (Fsp3) is 0.529. The van der Waals surface area contributed by atoms with Crippen molar-refractivity contribution in [1.29, 1.82) is 0 Å². The Bertz CT molecular complexity index is 607. The molecule has 0 spiro atoms. The quantitative estimate of drug-likeness (QED) is 0.610. The van der Waals surface area contributed by atoms with Crippen LogP contribution in [0.25, 0.3) is 0 Å². The van der Waals surface area contributed by atoms with Gasteiger partial charge in [0.25, 0.3) is 0 Å². The average molecular weight is 308 g/mol. The second-order valence-corrected chi connectivity index (χ2v) is 6.85. The minimum absolute atomic E-state index is 0.0211. The van der Waals surface area contributed by atoms with E-state index in [1.807, 2.05) is 26.8 Å². The molecular formula is C17H22ClNO2. The van der Waals surface area contributed by atoms with Crippen molar-refractivity contribution in [1.82, 2.24) is 0 Å². The molecule has 1 aromatic carbocycles. The Labute approximate surface area is 131 Å². The van der Waals surface area contributed by atoms with Crippen LogP contribution in [-0.2, 0) is 4.79 Å². The third-order valence-corrected chi connectivity index (χ3v) is 4.42. The number of halogens is 1. The van der Waals surface area contributed by atoms with E-state index in [4.69, 9.17) is 11.6 Å². The lowest BCUT2D eigenvalue weighted by Gasteiger charge is -2.46. The first-order valence-corrected chi connectivity index (χ1v) is 7.77. The van der Waals surface area contributed by atoms with Gasteiger partial charge in [0, 0.05) is 11.1 Å². The van der Waals surface area contributed by atoms with Gasteiger partial charge in [0.15, 0.2) is 5.78 Å². The molecule has 1 amide bonds. The Morgan fingerprint density at radius 2 is 2.00 bits per heavy atom. The van der Waals surface area contributed by atoms with Crippen molar-refractivity contribution >= 4 is 29.0 Å². The highest BCUT2D eigenvalue weighted by Crippen LogP contribution is 2.45. The molecule has 3 nitrogen and oxygen atoms in total. The number of nitrogens with zero attached hydrogens (tertiary/aromatic N) is 1. The first kappa shape index (κ1) is 16.0. The van der Waals surface area contributed by atoms with Crippen LogP contribution in [0.15, 0.2) is 12.1 Å². The molecule has 0 saturated heterocycles. The Morgan fingerprint density at radius 3 is 2.52 bits per heavy atom. The predicted octanol–water partition coefficient (Wildman–Crippen LogP) is 4.06. The maximum Gasteiger partial charge on any atom is 0.242 e. The molecule has 0 radical (unpaired) electrons. The molecule has 4 heteroatoms. The number of fused-ring (bicyclic) bond motifs is 1. The van der Waals surface area contributed by atoms with E-state index in [9.17, 15) is 9.59 Å². The van der Waals surface area contributed by atoms with Gasteiger partial charge in [-0.25, -0.2) is 0 Å². The van der Waals surface area contributed by atoms with Gasteiger partial charge in [-0.05, 0) is 57.2 Å². The molecule has 2 rings (SSSR count). The van der Waals surface area contributed by atoms with Crippen LogP contribution in [0.3, 0.4) is 0 Å². The molecule has 0 aromatic heterocycles. The average Bonchev–Trinajstić information content (AvgIpc) is 2.37. The van der Waals surface area contributed by atoms with Crippen molar-refractivity contribution in [3.63, 3.8) is 0 Å². The van der Waals surface area contributed by atoms with Gasteiger partial charge < -0.3 is 4.90 Å².